The molecule has 0 heterocycles. The van der Waals surface area contributed by atoms with Crippen molar-refractivity contribution in [3.63, 3.8) is 0 Å². The van der Waals surface area contributed by atoms with Gasteiger partial charge in [0.2, 0.25) is 5.91 Å². The van der Waals surface area contributed by atoms with Gasteiger partial charge in [0.1, 0.15) is 12.6 Å². The molecule has 0 aromatic heterocycles. The molecule has 0 aliphatic rings. The van der Waals surface area contributed by atoms with Gasteiger partial charge in [-0.3, -0.25) is 14.4 Å². The summed E-state index contributed by atoms with van der Waals surface area (Å²) >= 11 is 0. The first-order valence-electron chi connectivity index (χ1n) is 19.0. The number of esters is 1. The monoisotopic (exact) mass is 690 g/mol. The minimum absolute atomic E-state index is 0.166. The summed E-state index contributed by atoms with van der Waals surface area (Å²) < 4.78 is 5.85. The molecule has 0 aliphatic heterocycles. The van der Waals surface area contributed by atoms with Crippen LogP contribution in [-0.4, -0.2) is 35.6 Å². The summed E-state index contributed by atoms with van der Waals surface area (Å²) in [6.07, 6.45) is 55.2. The van der Waals surface area contributed by atoms with Crippen molar-refractivity contribution in [1.82, 2.24) is 5.32 Å². The molecule has 1 atom stereocenters. The fraction of sp³-hybridized carbons (Fsp3) is 0.523. The molecule has 1 unspecified atom stereocenters. The number of hydrogen-bond acceptors (Lipinski definition) is 4. The zero-order valence-corrected chi connectivity index (χ0v) is 31.2. The summed E-state index contributed by atoms with van der Waals surface area (Å²) in [6.45, 7) is 3.95. The third kappa shape index (κ3) is 36.9. The van der Waals surface area contributed by atoms with E-state index in [0.717, 1.165) is 103 Å². The van der Waals surface area contributed by atoms with Crippen LogP contribution in [-0.2, 0) is 19.1 Å². The van der Waals surface area contributed by atoms with Crippen molar-refractivity contribution in [1.29, 1.82) is 0 Å². The van der Waals surface area contributed by atoms with Gasteiger partial charge in [-0.2, -0.15) is 0 Å². The highest BCUT2D eigenvalue weighted by molar-refractivity contribution is 5.80. The van der Waals surface area contributed by atoms with Crippen LogP contribution in [0, 0.1) is 0 Å². The predicted octanol–water partition coefficient (Wildman–Crippen LogP) is 11.6. The fourth-order valence-corrected chi connectivity index (χ4v) is 4.71. The van der Waals surface area contributed by atoms with E-state index in [1.54, 1.807) is 0 Å². The maximum absolute atomic E-state index is 12.6. The van der Waals surface area contributed by atoms with Gasteiger partial charge >= 0.3 is 11.9 Å². The number of rotatable bonds is 32. The van der Waals surface area contributed by atoms with Crippen molar-refractivity contribution >= 4 is 17.8 Å². The Hall–Kier alpha value is -3.93. The fourth-order valence-electron chi connectivity index (χ4n) is 4.71. The summed E-state index contributed by atoms with van der Waals surface area (Å²) in [7, 11) is 0. The van der Waals surface area contributed by atoms with E-state index in [-0.39, 0.29) is 24.5 Å². The summed E-state index contributed by atoms with van der Waals surface area (Å²) in [5.41, 5.74) is 0. The number of unbranched alkanes of at least 4 members (excludes halogenated alkanes) is 5. The molecule has 0 radical (unpaired) electrons. The molecule has 0 aromatic rings. The van der Waals surface area contributed by atoms with Gasteiger partial charge in [-0.1, -0.05) is 143 Å². The topological polar surface area (TPSA) is 92.7 Å². The lowest BCUT2D eigenvalue weighted by atomic mass is 10.1. The molecule has 0 bridgehead atoms. The lowest BCUT2D eigenvalue weighted by Gasteiger charge is -2.14. The average molecular weight is 690 g/mol. The van der Waals surface area contributed by atoms with Gasteiger partial charge in [-0.25, -0.2) is 0 Å². The van der Waals surface area contributed by atoms with E-state index in [9.17, 15) is 14.4 Å². The number of allylic oxidation sites excluding steroid dienone is 17. The average Bonchev–Trinajstić information content (AvgIpc) is 3.10. The van der Waals surface area contributed by atoms with Crippen LogP contribution in [0.25, 0.3) is 0 Å². The number of carboxylic acids is 1. The number of carboxylic acid groups (broad SMARTS) is 1. The Morgan fingerprint density at radius 2 is 0.960 bits per heavy atom. The van der Waals surface area contributed by atoms with E-state index in [4.69, 9.17) is 9.84 Å². The first-order valence-corrected chi connectivity index (χ1v) is 19.0. The van der Waals surface area contributed by atoms with Crippen molar-refractivity contribution in [3.8, 4) is 0 Å². The molecule has 6 heteroatoms. The lowest BCUT2D eigenvalue weighted by Crippen LogP contribution is -2.28. The molecule has 0 spiro atoms. The Kier molecular flexibility index (Phi) is 34.9. The summed E-state index contributed by atoms with van der Waals surface area (Å²) in [6, 6.07) is 0. The standard InChI is InChI=1S/C44H67NO5/c1-3-5-7-9-11-13-14-15-16-17-18-19-20-21-22-23-25-31-35-39-44(49)50-41(36-32-28-24-12-10-8-6-4-2)37-33-29-26-27-30-34-38-42(46)45-40-43(47)48/h5-8,11-13,15-16,18-19,21-22,24-25,31-32,36,41H,3-4,9-10,14,17,20,23,26-30,33-35,37-40H2,1-2H3,(H,45,46)(H,47,48)/b7-5-,8-6-,13-11-,16-15-,19-18-,22-21-,24-12-,31-25-,36-32-. The van der Waals surface area contributed by atoms with E-state index in [1.807, 2.05) is 6.08 Å². The first-order chi connectivity index (χ1) is 24.5. The number of aliphatic carboxylic acids is 1. The van der Waals surface area contributed by atoms with Gasteiger partial charge in [-0.05, 0) is 89.5 Å². The SMILES string of the molecule is CC/C=C\C/C=C\C/C=C\C/C=C\C/C=C\C/C=C\CCC(=O)OC(/C=C\C/C=C\C/C=C\CC)CCCCCCCCC(=O)NCC(=O)O. The molecule has 278 valence electrons. The number of hydrogen-bond donors (Lipinski definition) is 2. The van der Waals surface area contributed by atoms with Crippen molar-refractivity contribution < 1.29 is 24.2 Å². The molecule has 6 nitrogen and oxygen atoms in total. The maximum atomic E-state index is 12.6. The molecular weight excluding hydrogens is 622 g/mol. The number of carbonyl (C=O) groups excluding carboxylic acids is 2. The second-order valence-electron chi connectivity index (χ2n) is 12.1. The Morgan fingerprint density at radius 3 is 1.44 bits per heavy atom. The van der Waals surface area contributed by atoms with E-state index in [0.29, 0.717) is 19.3 Å². The van der Waals surface area contributed by atoms with E-state index < -0.39 is 5.97 Å². The first kappa shape index (κ1) is 46.1. The highest BCUT2D eigenvalue weighted by Crippen LogP contribution is 2.14. The summed E-state index contributed by atoms with van der Waals surface area (Å²) in [4.78, 5) is 34.7. The second-order valence-corrected chi connectivity index (χ2v) is 12.1. The van der Waals surface area contributed by atoms with Crippen LogP contribution in [0.2, 0.25) is 0 Å². The molecule has 0 aromatic carbocycles. The molecule has 0 rings (SSSR count). The minimum Gasteiger partial charge on any atom is -0.480 e. The molecule has 0 aliphatic carbocycles. The van der Waals surface area contributed by atoms with Crippen LogP contribution in [0.1, 0.15) is 136 Å². The zero-order valence-electron chi connectivity index (χ0n) is 31.2. The van der Waals surface area contributed by atoms with Gasteiger partial charge in [0, 0.05) is 12.8 Å². The Bertz CT molecular complexity index is 1120. The van der Waals surface area contributed by atoms with Crippen LogP contribution >= 0.6 is 0 Å². The van der Waals surface area contributed by atoms with Crippen molar-refractivity contribution in [3.05, 3.63) is 109 Å². The van der Waals surface area contributed by atoms with Crippen LogP contribution in [0.4, 0.5) is 0 Å². The quantitative estimate of drug-likeness (QED) is 0.0416. The molecule has 0 saturated carbocycles. The minimum atomic E-state index is -1.03. The lowest BCUT2D eigenvalue weighted by molar-refractivity contribution is -0.147. The van der Waals surface area contributed by atoms with Gasteiger partial charge < -0.3 is 15.2 Å². The van der Waals surface area contributed by atoms with Crippen molar-refractivity contribution in [2.45, 2.75) is 142 Å². The number of amides is 1. The highest BCUT2D eigenvalue weighted by Gasteiger charge is 2.11. The van der Waals surface area contributed by atoms with Crippen molar-refractivity contribution in [2.24, 2.45) is 0 Å². The van der Waals surface area contributed by atoms with Crippen LogP contribution in [0.5, 0.6) is 0 Å². The third-order valence-corrected chi connectivity index (χ3v) is 7.44. The van der Waals surface area contributed by atoms with E-state index in [2.05, 4.69) is 122 Å². The van der Waals surface area contributed by atoms with E-state index in [1.165, 1.54) is 0 Å². The molecule has 1 amide bonds. The zero-order chi connectivity index (χ0) is 36.6. The molecule has 2 N–H and O–H groups in total. The molecule has 0 fully saturated rings. The van der Waals surface area contributed by atoms with Gasteiger partial charge in [0.15, 0.2) is 0 Å². The Labute approximate surface area is 304 Å². The largest absolute Gasteiger partial charge is 0.480 e. The number of carbonyl (C=O) groups is 3. The smallest absolute Gasteiger partial charge is 0.322 e. The van der Waals surface area contributed by atoms with Crippen LogP contribution in [0.3, 0.4) is 0 Å². The number of ether oxygens (including phenoxy) is 1. The third-order valence-electron chi connectivity index (χ3n) is 7.44. The highest BCUT2D eigenvalue weighted by atomic mass is 16.5. The van der Waals surface area contributed by atoms with Gasteiger partial charge in [0.25, 0.3) is 0 Å². The maximum Gasteiger partial charge on any atom is 0.322 e. The van der Waals surface area contributed by atoms with Gasteiger partial charge in [0.05, 0.1) is 0 Å². The molecular formula is C44H67NO5. The second kappa shape index (κ2) is 37.9. The number of nitrogens with one attached hydrogen (secondary N) is 1. The Morgan fingerprint density at radius 1 is 0.540 bits per heavy atom. The predicted molar refractivity (Wildman–Crippen MR) is 212 cm³/mol. The summed E-state index contributed by atoms with van der Waals surface area (Å²) in [5, 5.41) is 11.0. The molecule has 0 saturated heterocycles. The van der Waals surface area contributed by atoms with Crippen molar-refractivity contribution in [2.75, 3.05) is 6.54 Å². The Balaban J connectivity index is 4.35. The normalized spacial score (nSPS) is 13.3. The van der Waals surface area contributed by atoms with E-state index >= 15 is 0 Å². The van der Waals surface area contributed by atoms with Crippen LogP contribution < -0.4 is 5.32 Å². The van der Waals surface area contributed by atoms with Gasteiger partial charge in [-0.15, -0.1) is 0 Å². The summed E-state index contributed by atoms with van der Waals surface area (Å²) in [5.74, 6) is -1.41. The molecule has 50 heavy (non-hydrogen) atoms. The van der Waals surface area contributed by atoms with Crippen LogP contribution in [0.15, 0.2) is 109 Å².